The van der Waals surface area contributed by atoms with Gasteiger partial charge in [0.25, 0.3) is 0 Å². The highest BCUT2D eigenvalue weighted by Crippen LogP contribution is 2.15. The Labute approximate surface area is 126 Å². The van der Waals surface area contributed by atoms with Crippen LogP contribution in [0.3, 0.4) is 0 Å². The maximum absolute atomic E-state index is 12.0. The fourth-order valence-corrected chi connectivity index (χ4v) is 2.25. The van der Waals surface area contributed by atoms with Crippen LogP contribution in [0.5, 0.6) is 0 Å². The van der Waals surface area contributed by atoms with Gasteiger partial charge in [0, 0.05) is 17.1 Å². The van der Waals surface area contributed by atoms with Crippen LogP contribution in [0.15, 0.2) is 53.3 Å². The number of benzene rings is 2. The Morgan fingerprint density at radius 3 is 2.43 bits per heavy atom. The normalized spacial score (nSPS) is 10.7. The van der Waals surface area contributed by atoms with E-state index in [-0.39, 0.29) is 5.69 Å². The van der Waals surface area contributed by atoms with E-state index in [4.69, 9.17) is 17.3 Å². The van der Waals surface area contributed by atoms with Crippen molar-refractivity contribution in [2.24, 2.45) is 0 Å². The first kappa shape index (κ1) is 13.5. The molecule has 0 aliphatic carbocycles. The molecule has 6 heteroatoms. The van der Waals surface area contributed by atoms with Gasteiger partial charge in [0.1, 0.15) is 5.82 Å². The van der Waals surface area contributed by atoms with Crippen LogP contribution >= 0.6 is 11.6 Å². The number of H-pyrrole nitrogens is 1. The first-order valence-electron chi connectivity index (χ1n) is 6.40. The van der Waals surface area contributed by atoms with Crippen molar-refractivity contribution in [2.75, 3.05) is 5.73 Å². The standard InChI is InChI=1S/C15H13ClN4O/c16-11-3-7-13(8-4-11)20-14(18-19-15(20)21)9-10-1-5-12(17)6-2-10/h1-8H,9,17H2,(H,19,21). The molecule has 0 amide bonds. The summed E-state index contributed by atoms with van der Waals surface area (Å²) in [6, 6.07) is 14.5. The predicted octanol–water partition coefficient (Wildman–Crippen LogP) is 2.39. The number of nitrogen functional groups attached to an aromatic ring is 1. The van der Waals surface area contributed by atoms with Gasteiger partial charge in [-0.1, -0.05) is 23.7 Å². The van der Waals surface area contributed by atoms with Gasteiger partial charge in [-0.3, -0.25) is 0 Å². The summed E-state index contributed by atoms with van der Waals surface area (Å²) in [6.45, 7) is 0. The lowest BCUT2D eigenvalue weighted by Gasteiger charge is -2.06. The second-order valence-corrected chi connectivity index (χ2v) is 5.11. The van der Waals surface area contributed by atoms with Crippen LogP contribution in [-0.4, -0.2) is 14.8 Å². The molecule has 3 aromatic rings. The molecule has 0 radical (unpaired) electrons. The molecule has 106 valence electrons. The van der Waals surface area contributed by atoms with Gasteiger partial charge in [-0.2, -0.15) is 5.10 Å². The number of anilines is 1. The minimum atomic E-state index is -0.275. The Kier molecular flexibility index (Phi) is 3.50. The third kappa shape index (κ3) is 2.83. The van der Waals surface area contributed by atoms with E-state index in [2.05, 4.69) is 10.2 Å². The quantitative estimate of drug-likeness (QED) is 0.729. The van der Waals surface area contributed by atoms with E-state index in [0.29, 0.717) is 23.0 Å². The summed E-state index contributed by atoms with van der Waals surface area (Å²) in [7, 11) is 0. The van der Waals surface area contributed by atoms with E-state index in [0.717, 1.165) is 11.3 Å². The van der Waals surface area contributed by atoms with Crippen molar-refractivity contribution < 1.29 is 0 Å². The molecule has 1 heterocycles. The zero-order valence-corrected chi connectivity index (χ0v) is 11.8. The summed E-state index contributed by atoms with van der Waals surface area (Å²) in [5.74, 6) is 0.632. The number of hydrogen-bond donors (Lipinski definition) is 2. The van der Waals surface area contributed by atoms with Crippen molar-refractivity contribution in [3.63, 3.8) is 0 Å². The summed E-state index contributed by atoms with van der Waals surface area (Å²) in [5, 5.41) is 7.20. The maximum Gasteiger partial charge on any atom is 0.347 e. The molecule has 0 unspecified atom stereocenters. The second-order valence-electron chi connectivity index (χ2n) is 4.68. The Balaban J connectivity index is 1.99. The number of aromatic nitrogens is 3. The average molecular weight is 301 g/mol. The lowest BCUT2D eigenvalue weighted by Crippen LogP contribution is -2.17. The first-order valence-corrected chi connectivity index (χ1v) is 6.78. The van der Waals surface area contributed by atoms with Crippen molar-refractivity contribution in [3.8, 4) is 5.69 Å². The summed E-state index contributed by atoms with van der Waals surface area (Å²) >= 11 is 5.87. The molecule has 0 spiro atoms. The smallest absolute Gasteiger partial charge is 0.347 e. The maximum atomic E-state index is 12.0. The minimum absolute atomic E-state index is 0.275. The van der Waals surface area contributed by atoms with Gasteiger partial charge in [-0.25, -0.2) is 14.5 Å². The highest BCUT2D eigenvalue weighted by molar-refractivity contribution is 6.30. The molecule has 3 rings (SSSR count). The van der Waals surface area contributed by atoms with Gasteiger partial charge in [-0.15, -0.1) is 0 Å². The molecule has 0 saturated carbocycles. The Hall–Kier alpha value is -2.53. The van der Waals surface area contributed by atoms with E-state index >= 15 is 0 Å². The monoisotopic (exact) mass is 300 g/mol. The number of hydrogen-bond acceptors (Lipinski definition) is 3. The Morgan fingerprint density at radius 2 is 1.76 bits per heavy atom. The van der Waals surface area contributed by atoms with Crippen molar-refractivity contribution in [2.45, 2.75) is 6.42 Å². The fourth-order valence-electron chi connectivity index (χ4n) is 2.12. The molecule has 0 fully saturated rings. The first-order chi connectivity index (χ1) is 10.1. The Morgan fingerprint density at radius 1 is 1.10 bits per heavy atom. The predicted molar refractivity (Wildman–Crippen MR) is 82.9 cm³/mol. The second kappa shape index (κ2) is 5.46. The van der Waals surface area contributed by atoms with E-state index in [1.54, 1.807) is 24.3 Å². The third-order valence-electron chi connectivity index (χ3n) is 3.17. The number of rotatable bonds is 3. The molecule has 5 nitrogen and oxygen atoms in total. The minimum Gasteiger partial charge on any atom is -0.399 e. The van der Waals surface area contributed by atoms with E-state index in [9.17, 15) is 4.79 Å². The molecule has 0 saturated heterocycles. The number of halogens is 1. The van der Waals surface area contributed by atoms with Crippen LogP contribution in [0.1, 0.15) is 11.4 Å². The molecule has 0 atom stereocenters. The van der Waals surface area contributed by atoms with Crippen LogP contribution in [-0.2, 0) is 6.42 Å². The number of aromatic amines is 1. The fraction of sp³-hybridized carbons (Fsp3) is 0.0667. The van der Waals surface area contributed by atoms with Gasteiger partial charge < -0.3 is 5.73 Å². The van der Waals surface area contributed by atoms with Crippen molar-refractivity contribution in [3.05, 3.63) is 75.4 Å². The molecular weight excluding hydrogens is 288 g/mol. The molecule has 0 bridgehead atoms. The zero-order valence-electron chi connectivity index (χ0n) is 11.1. The van der Waals surface area contributed by atoms with Crippen LogP contribution < -0.4 is 11.4 Å². The highest BCUT2D eigenvalue weighted by atomic mass is 35.5. The molecule has 1 aromatic heterocycles. The molecule has 21 heavy (non-hydrogen) atoms. The lowest BCUT2D eigenvalue weighted by molar-refractivity contribution is 0.893. The van der Waals surface area contributed by atoms with Gasteiger partial charge in [0.2, 0.25) is 0 Å². The van der Waals surface area contributed by atoms with Crippen LogP contribution in [0.2, 0.25) is 5.02 Å². The summed E-state index contributed by atoms with van der Waals surface area (Å²) in [5.41, 5.74) is 7.85. The van der Waals surface area contributed by atoms with E-state index < -0.39 is 0 Å². The topological polar surface area (TPSA) is 76.7 Å². The van der Waals surface area contributed by atoms with Gasteiger partial charge in [0.15, 0.2) is 0 Å². The number of nitrogens with two attached hydrogens (primary N) is 1. The SMILES string of the molecule is Nc1ccc(Cc2n[nH]c(=O)n2-c2ccc(Cl)cc2)cc1. The van der Waals surface area contributed by atoms with Crippen molar-refractivity contribution in [1.82, 2.24) is 14.8 Å². The highest BCUT2D eigenvalue weighted by Gasteiger charge is 2.11. The molecule has 0 aliphatic rings. The summed E-state index contributed by atoms with van der Waals surface area (Å²) in [6.07, 6.45) is 0.529. The van der Waals surface area contributed by atoms with Gasteiger partial charge in [-0.05, 0) is 42.0 Å². The molecular formula is C15H13ClN4O. The van der Waals surface area contributed by atoms with E-state index in [1.807, 2.05) is 24.3 Å². The van der Waals surface area contributed by atoms with Crippen molar-refractivity contribution >= 4 is 17.3 Å². The van der Waals surface area contributed by atoms with Crippen LogP contribution in [0.4, 0.5) is 5.69 Å². The van der Waals surface area contributed by atoms with Crippen molar-refractivity contribution in [1.29, 1.82) is 0 Å². The lowest BCUT2D eigenvalue weighted by atomic mass is 10.1. The molecule has 3 N–H and O–H groups in total. The average Bonchev–Trinajstić information content (AvgIpc) is 2.83. The van der Waals surface area contributed by atoms with Gasteiger partial charge >= 0.3 is 5.69 Å². The molecule has 2 aromatic carbocycles. The van der Waals surface area contributed by atoms with Crippen LogP contribution in [0, 0.1) is 0 Å². The number of nitrogens with one attached hydrogen (secondary N) is 1. The number of nitrogens with zero attached hydrogens (tertiary/aromatic N) is 2. The Bertz CT molecular complexity index is 803. The summed E-state index contributed by atoms with van der Waals surface area (Å²) in [4.78, 5) is 12.0. The van der Waals surface area contributed by atoms with Crippen LogP contribution in [0.25, 0.3) is 5.69 Å². The zero-order chi connectivity index (χ0) is 14.8. The third-order valence-corrected chi connectivity index (χ3v) is 3.42. The van der Waals surface area contributed by atoms with E-state index in [1.165, 1.54) is 4.57 Å². The summed E-state index contributed by atoms with van der Waals surface area (Å²) < 4.78 is 1.53. The van der Waals surface area contributed by atoms with Gasteiger partial charge in [0.05, 0.1) is 5.69 Å². The molecule has 0 aliphatic heterocycles. The largest absolute Gasteiger partial charge is 0.399 e.